The van der Waals surface area contributed by atoms with E-state index in [1.54, 1.807) is 18.2 Å². The first-order chi connectivity index (χ1) is 8.63. The van der Waals surface area contributed by atoms with E-state index in [1.165, 1.54) is 0 Å². The van der Waals surface area contributed by atoms with Crippen LogP contribution in [-0.2, 0) is 6.54 Å². The van der Waals surface area contributed by atoms with Gasteiger partial charge in [0.1, 0.15) is 0 Å². The summed E-state index contributed by atoms with van der Waals surface area (Å²) in [4.78, 5) is 12.4. The normalized spacial score (nSPS) is 10.4. The quantitative estimate of drug-likeness (QED) is 0.859. The summed E-state index contributed by atoms with van der Waals surface area (Å²) >= 11 is 6.18. The van der Waals surface area contributed by atoms with Crippen LogP contribution in [0.25, 0.3) is 0 Å². The average molecular weight is 260 g/mol. The molecular weight excluding hydrogens is 246 g/mol. The van der Waals surface area contributed by atoms with E-state index < -0.39 is 0 Å². The van der Waals surface area contributed by atoms with Crippen LogP contribution in [0.5, 0.6) is 0 Å². The monoisotopic (exact) mass is 259 g/mol. The van der Waals surface area contributed by atoms with Crippen LogP contribution in [0.4, 0.5) is 0 Å². The summed E-state index contributed by atoms with van der Waals surface area (Å²) in [6.07, 6.45) is 0. The fourth-order valence-electron chi connectivity index (χ4n) is 1.95. The van der Waals surface area contributed by atoms with Crippen molar-refractivity contribution in [2.45, 2.75) is 13.5 Å². The zero-order chi connectivity index (χ0) is 13.1. The lowest BCUT2D eigenvalue weighted by Crippen LogP contribution is -2.06. The van der Waals surface area contributed by atoms with Gasteiger partial charge in [-0.2, -0.15) is 0 Å². The van der Waals surface area contributed by atoms with Crippen LogP contribution in [-0.4, -0.2) is 5.78 Å². The van der Waals surface area contributed by atoms with Crippen molar-refractivity contribution in [3.8, 4) is 0 Å². The largest absolute Gasteiger partial charge is 0.326 e. The van der Waals surface area contributed by atoms with E-state index in [4.69, 9.17) is 17.3 Å². The SMILES string of the molecule is Cc1cc(CN)cc(Cl)c1C(=O)c1ccccc1. The van der Waals surface area contributed by atoms with Gasteiger partial charge in [0.05, 0.1) is 5.02 Å². The summed E-state index contributed by atoms with van der Waals surface area (Å²) in [7, 11) is 0. The number of halogens is 1. The van der Waals surface area contributed by atoms with Gasteiger partial charge in [-0.3, -0.25) is 4.79 Å². The van der Waals surface area contributed by atoms with Gasteiger partial charge in [-0.25, -0.2) is 0 Å². The molecule has 0 aromatic heterocycles. The number of benzene rings is 2. The maximum absolute atomic E-state index is 12.4. The van der Waals surface area contributed by atoms with Gasteiger partial charge in [0.25, 0.3) is 0 Å². The maximum atomic E-state index is 12.4. The second kappa shape index (κ2) is 5.34. The Hall–Kier alpha value is -1.64. The van der Waals surface area contributed by atoms with Gasteiger partial charge in [-0.1, -0.05) is 48.0 Å². The zero-order valence-electron chi connectivity index (χ0n) is 10.1. The van der Waals surface area contributed by atoms with Gasteiger partial charge in [-0.15, -0.1) is 0 Å². The minimum absolute atomic E-state index is 0.0540. The topological polar surface area (TPSA) is 43.1 Å². The first kappa shape index (κ1) is 12.8. The molecule has 0 saturated heterocycles. The molecule has 2 aromatic rings. The van der Waals surface area contributed by atoms with Crippen molar-refractivity contribution in [2.24, 2.45) is 5.73 Å². The molecule has 0 unspecified atom stereocenters. The summed E-state index contributed by atoms with van der Waals surface area (Å²) in [5, 5.41) is 0.462. The van der Waals surface area contributed by atoms with Gasteiger partial charge in [0, 0.05) is 17.7 Å². The molecule has 0 radical (unpaired) electrons. The molecule has 92 valence electrons. The fourth-order valence-corrected chi connectivity index (χ4v) is 2.33. The van der Waals surface area contributed by atoms with E-state index in [0.717, 1.165) is 11.1 Å². The van der Waals surface area contributed by atoms with E-state index in [-0.39, 0.29) is 5.78 Å². The molecule has 2 aromatic carbocycles. The number of hydrogen-bond donors (Lipinski definition) is 1. The van der Waals surface area contributed by atoms with Crippen LogP contribution in [0, 0.1) is 6.92 Å². The highest BCUT2D eigenvalue weighted by Gasteiger charge is 2.15. The van der Waals surface area contributed by atoms with Gasteiger partial charge in [0.2, 0.25) is 0 Å². The Kier molecular flexibility index (Phi) is 3.80. The Balaban J connectivity index is 2.49. The molecule has 0 heterocycles. The Morgan fingerprint density at radius 2 is 1.89 bits per heavy atom. The highest BCUT2D eigenvalue weighted by atomic mass is 35.5. The highest BCUT2D eigenvalue weighted by Crippen LogP contribution is 2.25. The van der Waals surface area contributed by atoms with Crippen molar-refractivity contribution in [3.63, 3.8) is 0 Å². The van der Waals surface area contributed by atoms with Crippen LogP contribution in [0.15, 0.2) is 42.5 Å². The summed E-state index contributed by atoms with van der Waals surface area (Å²) in [6.45, 7) is 2.29. The molecule has 2 rings (SSSR count). The fraction of sp³-hybridized carbons (Fsp3) is 0.133. The number of hydrogen-bond acceptors (Lipinski definition) is 2. The number of carbonyl (C=O) groups is 1. The minimum Gasteiger partial charge on any atom is -0.326 e. The van der Waals surface area contributed by atoms with Crippen LogP contribution in [0.2, 0.25) is 5.02 Å². The van der Waals surface area contributed by atoms with Crippen molar-refractivity contribution in [1.82, 2.24) is 0 Å². The first-order valence-corrected chi connectivity index (χ1v) is 6.10. The number of nitrogens with two attached hydrogens (primary N) is 1. The van der Waals surface area contributed by atoms with Crippen LogP contribution < -0.4 is 5.73 Å². The number of rotatable bonds is 3. The predicted molar refractivity (Wildman–Crippen MR) is 74.0 cm³/mol. The first-order valence-electron chi connectivity index (χ1n) is 5.72. The molecule has 0 saturated carbocycles. The maximum Gasteiger partial charge on any atom is 0.194 e. The Labute approximate surface area is 111 Å². The molecule has 0 bridgehead atoms. The standard InChI is InChI=1S/C15H14ClNO/c1-10-7-11(9-17)8-13(16)14(10)15(18)12-5-3-2-4-6-12/h2-8H,9,17H2,1H3. The third-order valence-corrected chi connectivity index (χ3v) is 3.14. The van der Waals surface area contributed by atoms with Gasteiger partial charge < -0.3 is 5.73 Å². The van der Waals surface area contributed by atoms with Crippen molar-refractivity contribution in [3.05, 3.63) is 69.7 Å². The summed E-state index contributed by atoms with van der Waals surface area (Å²) in [6, 6.07) is 12.8. The number of ketones is 1. The Morgan fingerprint density at radius 3 is 2.44 bits per heavy atom. The highest BCUT2D eigenvalue weighted by molar-refractivity contribution is 6.35. The molecule has 0 aliphatic carbocycles. The van der Waals surface area contributed by atoms with Gasteiger partial charge >= 0.3 is 0 Å². The molecule has 2 N–H and O–H groups in total. The van der Waals surface area contributed by atoms with E-state index in [0.29, 0.717) is 22.7 Å². The summed E-state index contributed by atoms with van der Waals surface area (Å²) < 4.78 is 0. The van der Waals surface area contributed by atoms with Gasteiger partial charge in [-0.05, 0) is 24.1 Å². The van der Waals surface area contributed by atoms with Gasteiger partial charge in [0.15, 0.2) is 5.78 Å². The molecule has 2 nitrogen and oxygen atoms in total. The zero-order valence-corrected chi connectivity index (χ0v) is 10.9. The molecule has 18 heavy (non-hydrogen) atoms. The molecular formula is C15H14ClNO. The number of aryl methyl sites for hydroxylation is 1. The lowest BCUT2D eigenvalue weighted by molar-refractivity contribution is 0.103. The third-order valence-electron chi connectivity index (χ3n) is 2.85. The Morgan fingerprint density at radius 1 is 1.22 bits per heavy atom. The second-order valence-electron chi connectivity index (χ2n) is 4.17. The van der Waals surface area contributed by atoms with Crippen molar-refractivity contribution >= 4 is 17.4 Å². The van der Waals surface area contributed by atoms with Crippen LogP contribution >= 0.6 is 11.6 Å². The lowest BCUT2D eigenvalue weighted by atomic mass is 9.97. The summed E-state index contributed by atoms with van der Waals surface area (Å²) in [5.74, 6) is -0.0540. The second-order valence-corrected chi connectivity index (χ2v) is 4.58. The minimum atomic E-state index is -0.0540. The number of carbonyl (C=O) groups excluding carboxylic acids is 1. The molecule has 0 aliphatic rings. The van der Waals surface area contributed by atoms with E-state index >= 15 is 0 Å². The average Bonchev–Trinajstić information content (AvgIpc) is 2.38. The van der Waals surface area contributed by atoms with Crippen molar-refractivity contribution in [1.29, 1.82) is 0 Å². The predicted octanol–water partition coefficient (Wildman–Crippen LogP) is 3.34. The lowest BCUT2D eigenvalue weighted by Gasteiger charge is -2.09. The van der Waals surface area contributed by atoms with Crippen molar-refractivity contribution in [2.75, 3.05) is 0 Å². The molecule has 0 fully saturated rings. The molecule has 3 heteroatoms. The van der Waals surface area contributed by atoms with Crippen molar-refractivity contribution < 1.29 is 4.79 Å². The Bertz CT molecular complexity index is 555. The molecule has 0 aliphatic heterocycles. The smallest absolute Gasteiger partial charge is 0.194 e. The van der Waals surface area contributed by atoms with E-state index in [9.17, 15) is 4.79 Å². The third kappa shape index (κ3) is 2.45. The van der Waals surface area contributed by atoms with Crippen LogP contribution in [0.3, 0.4) is 0 Å². The van der Waals surface area contributed by atoms with E-state index in [2.05, 4.69) is 0 Å². The van der Waals surface area contributed by atoms with Crippen LogP contribution in [0.1, 0.15) is 27.0 Å². The molecule has 0 atom stereocenters. The van der Waals surface area contributed by atoms with E-state index in [1.807, 2.05) is 31.2 Å². The molecule has 0 amide bonds. The molecule has 0 spiro atoms. The summed E-state index contributed by atoms with van der Waals surface area (Å²) in [5.41, 5.74) is 8.57.